The van der Waals surface area contributed by atoms with E-state index in [1.807, 2.05) is 0 Å². The van der Waals surface area contributed by atoms with E-state index in [0.29, 0.717) is 5.56 Å². The largest absolute Gasteiger partial charge is 0.548 e. The second-order valence-electron chi connectivity index (χ2n) is 4.55. The first kappa shape index (κ1) is 11.7. The lowest BCUT2D eigenvalue weighted by Gasteiger charge is -2.43. The van der Waals surface area contributed by atoms with E-state index in [-0.39, 0.29) is 13.0 Å². The summed E-state index contributed by atoms with van der Waals surface area (Å²) in [6.07, 6.45) is 0.268. The Morgan fingerprint density at radius 2 is 2.05 bits per heavy atom. The van der Waals surface area contributed by atoms with Gasteiger partial charge in [0, 0.05) is 12.0 Å². The van der Waals surface area contributed by atoms with Crippen LogP contribution in [0, 0.1) is 0 Å². The number of fused-ring (bicyclic) bond motifs is 2. The molecule has 1 saturated heterocycles. The van der Waals surface area contributed by atoms with Gasteiger partial charge in [-0.15, -0.1) is 0 Å². The normalized spacial score (nSPS) is 25.4. The van der Waals surface area contributed by atoms with Crippen LogP contribution in [0.4, 0.5) is 0 Å². The third-order valence-electron chi connectivity index (χ3n) is 3.49. The average molecular weight is 260 g/mol. The SMILES string of the molecule is O=C([O-])[C@H]1COC(=O)[C@@H]2Cc3ccccc3C(=O)N12. The third-order valence-corrected chi connectivity index (χ3v) is 3.49. The Bertz CT molecular complexity index is 582. The number of carboxylic acids is 1. The van der Waals surface area contributed by atoms with Crippen LogP contribution in [0.1, 0.15) is 15.9 Å². The molecule has 2 heterocycles. The van der Waals surface area contributed by atoms with Gasteiger partial charge in [-0.05, 0) is 11.6 Å². The number of carbonyl (C=O) groups excluding carboxylic acids is 3. The molecule has 0 spiro atoms. The van der Waals surface area contributed by atoms with E-state index in [1.54, 1.807) is 24.3 Å². The summed E-state index contributed by atoms with van der Waals surface area (Å²) in [6.45, 7) is -0.356. The van der Waals surface area contributed by atoms with Gasteiger partial charge in [0.2, 0.25) is 0 Å². The minimum Gasteiger partial charge on any atom is -0.548 e. The number of cyclic esters (lactones) is 1. The molecule has 0 aliphatic carbocycles. The molecule has 0 radical (unpaired) electrons. The van der Waals surface area contributed by atoms with Gasteiger partial charge in [0.05, 0.1) is 5.97 Å². The maximum absolute atomic E-state index is 12.3. The predicted octanol–water partition coefficient (Wildman–Crippen LogP) is -1.27. The van der Waals surface area contributed by atoms with Crippen LogP contribution in [-0.2, 0) is 20.7 Å². The molecule has 2 aliphatic heterocycles. The van der Waals surface area contributed by atoms with Gasteiger partial charge in [-0.3, -0.25) is 4.79 Å². The highest BCUT2D eigenvalue weighted by Gasteiger charge is 2.45. The highest BCUT2D eigenvalue weighted by Crippen LogP contribution is 2.28. The van der Waals surface area contributed by atoms with E-state index < -0.39 is 29.9 Å². The number of benzene rings is 1. The number of rotatable bonds is 1. The van der Waals surface area contributed by atoms with Crippen molar-refractivity contribution in [2.45, 2.75) is 18.5 Å². The maximum Gasteiger partial charge on any atom is 0.329 e. The Morgan fingerprint density at radius 3 is 2.79 bits per heavy atom. The van der Waals surface area contributed by atoms with Crippen molar-refractivity contribution in [2.24, 2.45) is 0 Å². The number of hydrogen-bond donors (Lipinski definition) is 0. The molecule has 0 unspecified atom stereocenters. The van der Waals surface area contributed by atoms with E-state index in [1.165, 1.54) is 0 Å². The van der Waals surface area contributed by atoms with Crippen LogP contribution < -0.4 is 5.11 Å². The number of amides is 1. The molecule has 0 bridgehead atoms. The van der Waals surface area contributed by atoms with Gasteiger partial charge in [-0.1, -0.05) is 18.2 Å². The monoisotopic (exact) mass is 260 g/mol. The minimum absolute atomic E-state index is 0.268. The summed E-state index contributed by atoms with van der Waals surface area (Å²) in [4.78, 5) is 36.2. The zero-order valence-corrected chi connectivity index (χ0v) is 9.87. The minimum atomic E-state index is -1.41. The summed E-state index contributed by atoms with van der Waals surface area (Å²) in [6, 6.07) is 4.75. The zero-order valence-electron chi connectivity index (χ0n) is 9.87. The Kier molecular flexibility index (Phi) is 2.51. The summed E-state index contributed by atoms with van der Waals surface area (Å²) >= 11 is 0. The summed E-state index contributed by atoms with van der Waals surface area (Å²) in [5.41, 5.74) is 1.16. The van der Waals surface area contributed by atoms with Crippen LogP contribution in [0.5, 0.6) is 0 Å². The molecule has 0 N–H and O–H groups in total. The second-order valence-corrected chi connectivity index (χ2v) is 4.55. The van der Waals surface area contributed by atoms with Crippen molar-refractivity contribution in [3.8, 4) is 0 Å². The highest BCUT2D eigenvalue weighted by atomic mass is 16.5. The van der Waals surface area contributed by atoms with Crippen LogP contribution >= 0.6 is 0 Å². The Balaban J connectivity index is 2.08. The lowest BCUT2D eigenvalue weighted by Crippen LogP contribution is -2.64. The molecular weight excluding hydrogens is 250 g/mol. The number of morpholine rings is 1. The number of ether oxygens (including phenoxy) is 1. The highest BCUT2D eigenvalue weighted by molar-refractivity contribution is 6.02. The van der Waals surface area contributed by atoms with E-state index in [2.05, 4.69) is 0 Å². The summed E-state index contributed by atoms with van der Waals surface area (Å²) in [7, 11) is 0. The zero-order chi connectivity index (χ0) is 13.6. The number of carbonyl (C=O) groups is 3. The second kappa shape index (κ2) is 4.08. The average Bonchev–Trinajstić information content (AvgIpc) is 2.40. The van der Waals surface area contributed by atoms with Crippen molar-refractivity contribution in [2.75, 3.05) is 6.61 Å². The molecule has 1 aromatic carbocycles. The summed E-state index contributed by atoms with van der Waals surface area (Å²) in [5, 5.41) is 11.1. The molecule has 1 fully saturated rings. The van der Waals surface area contributed by atoms with Gasteiger partial charge in [-0.25, -0.2) is 4.79 Å². The van der Waals surface area contributed by atoms with Crippen molar-refractivity contribution in [3.05, 3.63) is 35.4 Å². The predicted molar refractivity (Wildman–Crippen MR) is 59.9 cm³/mol. The van der Waals surface area contributed by atoms with Gasteiger partial charge < -0.3 is 19.5 Å². The number of esters is 1. The molecule has 98 valence electrons. The van der Waals surface area contributed by atoms with Gasteiger partial charge in [0.1, 0.15) is 18.7 Å². The summed E-state index contributed by atoms with van der Waals surface area (Å²) < 4.78 is 4.83. The first-order valence-electron chi connectivity index (χ1n) is 5.87. The van der Waals surface area contributed by atoms with Crippen molar-refractivity contribution in [3.63, 3.8) is 0 Å². The Morgan fingerprint density at radius 1 is 1.32 bits per heavy atom. The smallest absolute Gasteiger partial charge is 0.329 e. The van der Waals surface area contributed by atoms with Crippen molar-refractivity contribution in [1.82, 2.24) is 4.90 Å². The standard InChI is InChI=1S/C13H11NO5/c15-11-8-4-2-1-3-7(8)5-9-13(18)19-6-10(12(16)17)14(9)11/h1-4,9-10H,5-6H2,(H,16,17)/p-1/t9-,10+/m0/s1. The topological polar surface area (TPSA) is 86.7 Å². The first-order chi connectivity index (χ1) is 9.09. The van der Waals surface area contributed by atoms with Crippen LogP contribution in [0.15, 0.2) is 24.3 Å². The van der Waals surface area contributed by atoms with Gasteiger partial charge in [0.25, 0.3) is 5.91 Å². The summed E-state index contributed by atoms with van der Waals surface area (Å²) in [5.74, 6) is -2.44. The first-order valence-corrected chi connectivity index (χ1v) is 5.87. The van der Waals surface area contributed by atoms with Crippen molar-refractivity contribution in [1.29, 1.82) is 0 Å². The number of hydrogen-bond acceptors (Lipinski definition) is 5. The molecule has 1 aromatic rings. The fraction of sp³-hybridized carbons (Fsp3) is 0.308. The van der Waals surface area contributed by atoms with Crippen LogP contribution in [0.3, 0.4) is 0 Å². The molecule has 1 amide bonds. The number of carboxylic acid groups (broad SMARTS) is 1. The molecule has 19 heavy (non-hydrogen) atoms. The van der Waals surface area contributed by atoms with Crippen molar-refractivity contribution >= 4 is 17.8 Å². The lowest BCUT2D eigenvalue weighted by atomic mass is 9.91. The molecule has 6 heteroatoms. The van der Waals surface area contributed by atoms with E-state index >= 15 is 0 Å². The van der Waals surface area contributed by atoms with Crippen LogP contribution in [0.25, 0.3) is 0 Å². The Labute approximate surface area is 108 Å². The van der Waals surface area contributed by atoms with Gasteiger partial charge in [0.15, 0.2) is 0 Å². The molecule has 3 rings (SSSR count). The molecule has 0 saturated carbocycles. The van der Waals surface area contributed by atoms with Gasteiger partial charge in [-0.2, -0.15) is 0 Å². The quantitative estimate of drug-likeness (QED) is 0.587. The molecular formula is C13H10NO5-. The molecule has 2 aliphatic rings. The Hall–Kier alpha value is -2.37. The fourth-order valence-corrected chi connectivity index (χ4v) is 2.57. The van der Waals surface area contributed by atoms with Crippen LogP contribution in [-0.4, -0.2) is 41.4 Å². The van der Waals surface area contributed by atoms with E-state index in [9.17, 15) is 19.5 Å². The number of nitrogens with zero attached hydrogens (tertiary/aromatic N) is 1. The molecule has 6 nitrogen and oxygen atoms in total. The van der Waals surface area contributed by atoms with Crippen molar-refractivity contribution < 1.29 is 24.2 Å². The lowest BCUT2D eigenvalue weighted by molar-refractivity contribution is -0.313. The fourth-order valence-electron chi connectivity index (χ4n) is 2.57. The van der Waals surface area contributed by atoms with Gasteiger partial charge >= 0.3 is 5.97 Å². The maximum atomic E-state index is 12.3. The van der Waals surface area contributed by atoms with E-state index in [4.69, 9.17) is 4.74 Å². The number of aliphatic carboxylic acids is 1. The third kappa shape index (κ3) is 1.68. The van der Waals surface area contributed by atoms with Crippen LogP contribution in [0.2, 0.25) is 0 Å². The molecule has 2 atom stereocenters. The molecule has 0 aromatic heterocycles. The van der Waals surface area contributed by atoms with E-state index in [0.717, 1.165) is 10.5 Å².